The summed E-state index contributed by atoms with van der Waals surface area (Å²) in [6.07, 6.45) is 12.2. The molecule has 6 nitrogen and oxygen atoms in total. The molecule has 174 valence electrons. The molecule has 2 heterocycles. The van der Waals surface area contributed by atoms with Crippen molar-refractivity contribution >= 4 is 23.1 Å². The lowest BCUT2D eigenvalue weighted by Gasteiger charge is -2.17. The molecule has 0 spiro atoms. The number of hydrogen-bond donors (Lipinski definition) is 2. The lowest BCUT2D eigenvalue weighted by atomic mass is 10.1. The summed E-state index contributed by atoms with van der Waals surface area (Å²) in [7, 11) is 0. The Bertz CT molecular complexity index is 1200. The summed E-state index contributed by atoms with van der Waals surface area (Å²) in [5.41, 5.74) is 6.30. The van der Waals surface area contributed by atoms with Crippen LogP contribution >= 0.6 is 12.2 Å². The largest absolute Gasteiger partial charge is 0.490 e. The van der Waals surface area contributed by atoms with Crippen LogP contribution in [0.15, 0.2) is 54.3 Å². The number of nitrogens with zero attached hydrogens (tertiary/aromatic N) is 2. The fourth-order valence-electron chi connectivity index (χ4n) is 3.33. The minimum atomic E-state index is -0.593. The van der Waals surface area contributed by atoms with Gasteiger partial charge in [0.05, 0.1) is 18.9 Å². The van der Waals surface area contributed by atoms with Crippen molar-refractivity contribution in [1.82, 2.24) is 4.98 Å². The fraction of sp³-hybridized carbons (Fsp3) is 0.240. The summed E-state index contributed by atoms with van der Waals surface area (Å²) in [6, 6.07) is 7.68. The zero-order chi connectivity index (χ0) is 24.7. The van der Waals surface area contributed by atoms with Crippen molar-refractivity contribution in [2.24, 2.45) is 11.7 Å². The molecule has 1 fully saturated rings. The number of anilines is 1. The highest BCUT2D eigenvalue weighted by molar-refractivity contribution is 7.80. The maximum Gasteiger partial charge on any atom is 0.177 e. The highest BCUT2D eigenvalue weighted by Gasteiger charge is 2.46. The smallest absolute Gasteiger partial charge is 0.177 e. The first-order valence-electron chi connectivity index (χ1n) is 10.4. The quantitative estimate of drug-likeness (QED) is 0.280. The van der Waals surface area contributed by atoms with Gasteiger partial charge in [0.2, 0.25) is 0 Å². The number of halogens is 2. The maximum absolute atomic E-state index is 13.3. The Morgan fingerprint density at radius 1 is 1.38 bits per heavy atom. The molecule has 1 aromatic carbocycles. The highest BCUT2D eigenvalue weighted by atomic mass is 32.1. The monoisotopic (exact) mass is 480 g/mol. The minimum Gasteiger partial charge on any atom is -0.490 e. The number of thiocarbonyl (C=S) groups is 1. The van der Waals surface area contributed by atoms with Gasteiger partial charge in [0, 0.05) is 17.1 Å². The summed E-state index contributed by atoms with van der Waals surface area (Å²) in [6.45, 7) is 2.31. The molecule has 3 N–H and O–H groups in total. The Labute approximate surface area is 202 Å². The van der Waals surface area contributed by atoms with E-state index in [0.717, 1.165) is 12.5 Å². The Kier molecular flexibility index (Phi) is 8.18. The summed E-state index contributed by atoms with van der Waals surface area (Å²) in [4.78, 5) is 4.07. The van der Waals surface area contributed by atoms with Gasteiger partial charge in [-0.2, -0.15) is 5.26 Å². The molecule has 1 unspecified atom stereocenters. The van der Waals surface area contributed by atoms with Crippen LogP contribution in [0.1, 0.15) is 24.8 Å². The minimum absolute atomic E-state index is 0.135. The topological polar surface area (TPSA) is 93.2 Å². The van der Waals surface area contributed by atoms with Gasteiger partial charge in [-0.15, -0.1) is 6.42 Å². The van der Waals surface area contributed by atoms with Gasteiger partial charge in [0.25, 0.3) is 0 Å². The Hall–Kier alpha value is -3.95. The highest BCUT2D eigenvalue weighted by Crippen LogP contribution is 2.55. The SMILES string of the molecule is C#CC(/C=C\C(C#N)=C/C)Oc1ccc(NC(N)=S)nc1.Fc1ccc(F)c2c1OC[C@H]1C[C@@H]21. The average Bonchev–Trinajstić information content (AvgIpc) is 3.62. The van der Waals surface area contributed by atoms with E-state index in [1.165, 1.54) is 12.3 Å². The van der Waals surface area contributed by atoms with Crippen molar-refractivity contribution in [1.29, 1.82) is 5.26 Å². The van der Waals surface area contributed by atoms with Crippen molar-refractivity contribution in [3.05, 3.63) is 71.5 Å². The molecule has 1 aliphatic heterocycles. The number of allylic oxidation sites excluding steroid dienone is 3. The van der Waals surface area contributed by atoms with Crippen molar-refractivity contribution in [2.45, 2.75) is 25.4 Å². The van der Waals surface area contributed by atoms with Gasteiger partial charge < -0.3 is 20.5 Å². The number of nitrogens with two attached hydrogens (primary N) is 1. The number of rotatable bonds is 5. The van der Waals surface area contributed by atoms with E-state index in [9.17, 15) is 8.78 Å². The van der Waals surface area contributed by atoms with E-state index in [4.69, 9.17) is 39.1 Å². The van der Waals surface area contributed by atoms with E-state index in [2.05, 4.69) is 16.2 Å². The van der Waals surface area contributed by atoms with Crippen molar-refractivity contribution < 1.29 is 18.3 Å². The molecule has 2 aliphatic rings. The second-order valence-corrected chi connectivity index (χ2v) is 7.91. The third-order valence-corrected chi connectivity index (χ3v) is 5.24. The number of benzene rings is 1. The first kappa shape index (κ1) is 24.7. The van der Waals surface area contributed by atoms with Crippen LogP contribution in [0.3, 0.4) is 0 Å². The summed E-state index contributed by atoms with van der Waals surface area (Å²) < 4.78 is 37.2. The van der Waals surface area contributed by atoms with E-state index in [1.54, 1.807) is 37.3 Å². The molecular formula is C25H22F2N4O2S. The molecule has 1 saturated carbocycles. The standard InChI is InChI=1S/C15H14N4OS.C10H8F2O/c1-3-11(9-16)5-6-12(4-2)20-13-7-8-14(18-10-13)19-15(17)21;11-7-1-2-8(12)10-9(7)6-3-5(6)4-13-10/h2-3,5-8,10,12H,1H3,(H3,17,18,19,21);1-2,5-6H,3-4H2/b6-5-,11-3+;/t;5-,6-/m.1/s1. The molecule has 1 aromatic heterocycles. The molecule has 1 aliphatic carbocycles. The van der Waals surface area contributed by atoms with Gasteiger partial charge in [-0.1, -0.05) is 12.0 Å². The van der Waals surface area contributed by atoms with E-state index in [1.807, 2.05) is 6.07 Å². The van der Waals surface area contributed by atoms with Gasteiger partial charge in [-0.05, 0) is 67.9 Å². The van der Waals surface area contributed by atoms with Crippen LogP contribution in [0.4, 0.5) is 14.6 Å². The molecule has 0 bridgehead atoms. The van der Waals surface area contributed by atoms with Gasteiger partial charge in [0.1, 0.15) is 17.4 Å². The second kappa shape index (κ2) is 11.3. The lowest BCUT2D eigenvalue weighted by molar-refractivity contribution is 0.261. The Morgan fingerprint density at radius 2 is 2.15 bits per heavy atom. The summed E-state index contributed by atoms with van der Waals surface area (Å²) in [5.74, 6) is 3.48. The number of pyridine rings is 1. The average molecular weight is 481 g/mol. The number of terminal acetylenes is 1. The molecule has 9 heteroatoms. The van der Waals surface area contributed by atoms with Crippen LogP contribution in [0.25, 0.3) is 0 Å². The number of ether oxygens (including phenoxy) is 2. The Morgan fingerprint density at radius 3 is 2.76 bits per heavy atom. The van der Waals surface area contributed by atoms with E-state index < -0.39 is 11.9 Å². The first-order valence-corrected chi connectivity index (χ1v) is 10.8. The van der Waals surface area contributed by atoms with Crippen molar-refractivity contribution in [2.75, 3.05) is 11.9 Å². The van der Waals surface area contributed by atoms with Crippen molar-refractivity contribution in [3.8, 4) is 29.9 Å². The third-order valence-electron chi connectivity index (χ3n) is 5.14. The predicted octanol–water partition coefficient (Wildman–Crippen LogP) is 4.60. The van der Waals surface area contributed by atoms with Crippen LogP contribution < -0.4 is 20.5 Å². The number of hydrogen-bond acceptors (Lipinski definition) is 5. The number of fused-ring (bicyclic) bond motifs is 3. The maximum atomic E-state index is 13.3. The van der Waals surface area contributed by atoms with Crippen LogP contribution in [0, 0.1) is 41.2 Å². The lowest BCUT2D eigenvalue weighted by Crippen LogP contribution is -2.19. The normalized spacial score (nSPS) is 18.6. The van der Waals surface area contributed by atoms with Gasteiger partial charge in [0.15, 0.2) is 22.8 Å². The van der Waals surface area contributed by atoms with Crippen molar-refractivity contribution in [3.63, 3.8) is 0 Å². The fourth-order valence-corrected chi connectivity index (χ4v) is 3.44. The molecule has 34 heavy (non-hydrogen) atoms. The predicted molar refractivity (Wildman–Crippen MR) is 129 cm³/mol. The second-order valence-electron chi connectivity index (χ2n) is 7.47. The Balaban J connectivity index is 0.000000210. The molecular weight excluding hydrogens is 458 g/mol. The number of nitriles is 1. The van der Waals surface area contributed by atoms with Gasteiger partial charge >= 0.3 is 0 Å². The molecule has 0 radical (unpaired) electrons. The van der Waals surface area contributed by atoms with E-state index >= 15 is 0 Å². The van der Waals surface area contributed by atoms with E-state index in [-0.39, 0.29) is 22.6 Å². The molecule has 4 rings (SSSR count). The summed E-state index contributed by atoms with van der Waals surface area (Å²) >= 11 is 4.71. The number of nitrogens with one attached hydrogen (secondary N) is 1. The first-order chi connectivity index (χ1) is 16.4. The van der Waals surface area contributed by atoms with Crippen LogP contribution in [-0.2, 0) is 0 Å². The number of aromatic nitrogens is 1. The van der Waals surface area contributed by atoms with Crippen LogP contribution in [-0.4, -0.2) is 22.8 Å². The molecule has 0 saturated heterocycles. The molecule has 0 amide bonds. The molecule has 2 aromatic rings. The van der Waals surface area contributed by atoms with Crippen LogP contribution in [0.5, 0.6) is 11.5 Å². The zero-order valence-electron chi connectivity index (χ0n) is 18.3. The van der Waals surface area contributed by atoms with Crippen LogP contribution in [0.2, 0.25) is 0 Å². The van der Waals surface area contributed by atoms with Gasteiger partial charge in [-0.25, -0.2) is 13.8 Å². The van der Waals surface area contributed by atoms with Gasteiger partial charge in [-0.3, -0.25) is 0 Å². The summed E-state index contributed by atoms with van der Waals surface area (Å²) in [5, 5.41) is 11.6. The third kappa shape index (κ3) is 6.31. The van der Waals surface area contributed by atoms with E-state index in [0.29, 0.717) is 35.2 Å². The molecule has 3 atom stereocenters. The zero-order valence-corrected chi connectivity index (χ0v) is 19.1.